The molecule has 0 spiro atoms. The van der Waals surface area contributed by atoms with Gasteiger partial charge in [-0.1, -0.05) is 0 Å². The van der Waals surface area contributed by atoms with Gasteiger partial charge in [-0.15, -0.1) is 0 Å². The Balaban J connectivity index is 1.33. The lowest BCUT2D eigenvalue weighted by Gasteiger charge is -2.34. The molecule has 8 heteroatoms. The van der Waals surface area contributed by atoms with Crippen molar-refractivity contribution < 1.29 is 13.2 Å². The molecule has 0 bridgehead atoms. The van der Waals surface area contributed by atoms with Gasteiger partial charge in [0.1, 0.15) is 12.1 Å². The quantitative estimate of drug-likeness (QED) is 0.839. The Morgan fingerprint density at radius 2 is 2.00 bits per heavy atom. The Kier molecular flexibility index (Phi) is 4.55. The highest BCUT2D eigenvalue weighted by Gasteiger charge is 2.42. The van der Waals surface area contributed by atoms with Crippen molar-refractivity contribution in [1.82, 2.24) is 20.8 Å². The van der Waals surface area contributed by atoms with Crippen molar-refractivity contribution in [3.05, 3.63) is 42.2 Å². The van der Waals surface area contributed by atoms with Crippen molar-refractivity contribution in [2.45, 2.75) is 56.0 Å². The van der Waals surface area contributed by atoms with Gasteiger partial charge in [0.15, 0.2) is 0 Å². The van der Waals surface area contributed by atoms with Crippen LogP contribution in [0.4, 0.5) is 14.6 Å². The summed E-state index contributed by atoms with van der Waals surface area (Å²) < 4.78 is 32.2. The third-order valence-corrected chi connectivity index (χ3v) is 6.58. The SMILES string of the molecule is FC1(F)CCN(c2cc(C3NNC4CCC(c5ccoc5)CC43)ncn2)CC1. The number of halogens is 2. The summed E-state index contributed by atoms with van der Waals surface area (Å²) in [6, 6.07) is 4.53. The lowest BCUT2D eigenvalue weighted by atomic mass is 9.73. The molecule has 4 atom stereocenters. The van der Waals surface area contributed by atoms with Crippen LogP contribution in [0, 0.1) is 5.92 Å². The Hall–Kier alpha value is -2.06. The number of alkyl halides is 2. The predicted molar refractivity (Wildman–Crippen MR) is 100 cm³/mol. The van der Waals surface area contributed by atoms with E-state index in [1.807, 2.05) is 17.2 Å². The number of piperidine rings is 1. The van der Waals surface area contributed by atoms with E-state index in [0.29, 0.717) is 31.0 Å². The van der Waals surface area contributed by atoms with Gasteiger partial charge in [-0.2, -0.15) is 0 Å². The standard InChI is InChI=1S/C20H25F2N5O/c21-20(22)4-6-27(7-5-20)18-10-17(23-12-24-18)19-15-9-13(14-3-8-28-11-14)1-2-16(15)25-26-19/h3,8,10-13,15-16,19,25-26H,1-2,4-7,9H2. The van der Waals surface area contributed by atoms with Crippen LogP contribution in [0.3, 0.4) is 0 Å². The second-order valence-corrected chi connectivity index (χ2v) is 8.25. The lowest BCUT2D eigenvalue weighted by Crippen LogP contribution is -2.40. The highest BCUT2D eigenvalue weighted by molar-refractivity contribution is 5.40. The second kappa shape index (κ2) is 7.08. The molecular weight excluding hydrogens is 364 g/mol. The van der Waals surface area contributed by atoms with Gasteiger partial charge in [-0.25, -0.2) is 24.2 Å². The van der Waals surface area contributed by atoms with Crippen molar-refractivity contribution in [3.63, 3.8) is 0 Å². The molecule has 2 aromatic rings. The van der Waals surface area contributed by atoms with E-state index in [2.05, 4.69) is 26.9 Å². The molecule has 3 aliphatic rings. The molecule has 1 aliphatic carbocycles. The Morgan fingerprint density at radius 3 is 2.79 bits per heavy atom. The van der Waals surface area contributed by atoms with Gasteiger partial charge in [-0.05, 0) is 42.7 Å². The van der Waals surface area contributed by atoms with Gasteiger partial charge in [0, 0.05) is 38.0 Å². The average Bonchev–Trinajstić information content (AvgIpc) is 3.37. The maximum absolute atomic E-state index is 13.5. The first-order valence-electron chi connectivity index (χ1n) is 10.1. The average molecular weight is 389 g/mol. The van der Waals surface area contributed by atoms with Crippen LogP contribution in [0.15, 0.2) is 35.4 Å². The zero-order valence-corrected chi connectivity index (χ0v) is 15.7. The molecule has 1 saturated carbocycles. The van der Waals surface area contributed by atoms with Crippen LogP contribution in [-0.2, 0) is 0 Å². The van der Waals surface area contributed by atoms with Crippen LogP contribution in [-0.4, -0.2) is 35.0 Å². The van der Waals surface area contributed by atoms with Gasteiger partial charge >= 0.3 is 0 Å². The van der Waals surface area contributed by atoms with Gasteiger partial charge < -0.3 is 9.32 Å². The fraction of sp³-hybridized carbons (Fsp3) is 0.600. The van der Waals surface area contributed by atoms with Gasteiger partial charge in [-0.3, -0.25) is 5.43 Å². The van der Waals surface area contributed by atoms with Crippen LogP contribution >= 0.6 is 0 Å². The second-order valence-electron chi connectivity index (χ2n) is 8.25. The molecule has 2 aromatic heterocycles. The van der Waals surface area contributed by atoms with E-state index < -0.39 is 5.92 Å². The molecule has 6 nitrogen and oxygen atoms in total. The van der Waals surface area contributed by atoms with Crippen LogP contribution < -0.4 is 15.8 Å². The number of anilines is 1. The normalized spacial score (nSPS) is 32.3. The van der Waals surface area contributed by atoms with Gasteiger partial charge in [0.2, 0.25) is 0 Å². The third kappa shape index (κ3) is 3.39. The first-order valence-corrected chi connectivity index (χ1v) is 10.1. The molecule has 0 amide bonds. The Morgan fingerprint density at radius 1 is 1.14 bits per heavy atom. The monoisotopic (exact) mass is 389 g/mol. The number of rotatable bonds is 3. The molecule has 3 fully saturated rings. The largest absolute Gasteiger partial charge is 0.472 e. The Bertz CT molecular complexity index is 805. The molecule has 2 saturated heterocycles. The molecule has 2 aliphatic heterocycles. The van der Waals surface area contributed by atoms with Crippen LogP contribution in [0.1, 0.15) is 55.3 Å². The van der Waals surface area contributed by atoms with E-state index in [1.54, 1.807) is 12.6 Å². The first kappa shape index (κ1) is 18.0. The molecule has 0 aromatic carbocycles. The topological polar surface area (TPSA) is 66.2 Å². The number of furan rings is 1. The molecule has 5 rings (SSSR count). The predicted octanol–water partition coefficient (Wildman–Crippen LogP) is 3.41. The summed E-state index contributed by atoms with van der Waals surface area (Å²) in [5.41, 5.74) is 9.05. The molecule has 150 valence electrons. The fourth-order valence-electron chi connectivity index (χ4n) is 4.93. The molecule has 4 heterocycles. The minimum atomic E-state index is -2.55. The summed E-state index contributed by atoms with van der Waals surface area (Å²) in [5.74, 6) is -0.898. The maximum Gasteiger partial charge on any atom is 0.251 e. The van der Waals surface area contributed by atoms with Crippen molar-refractivity contribution in [2.24, 2.45) is 5.92 Å². The van der Waals surface area contributed by atoms with Crippen LogP contribution in [0.25, 0.3) is 0 Å². The number of nitrogens with one attached hydrogen (secondary N) is 2. The molecular formula is C20H25F2N5O. The van der Waals surface area contributed by atoms with Crippen molar-refractivity contribution in [1.29, 1.82) is 0 Å². The summed E-state index contributed by atoms with van der Waals surface area (Å²) in [6.07, 6.45) is 8.21. The van der Waals surface area contributed by atoms with Gasteiger partial charge in [0.05, 0.1) is 24.3 Å². The summed E-state index contributed by atoms with van der Waals surface area (Å²) >= 11 is 0. The molecule has 28 heavy (non-hydrogen) atoms. The molecule has 2 N–H and O–H groups in total. The van der Waals surface area contributed by atoms with Gasteiger partial charge in [0.25, 0.3) is 5.92 Å². The fourth-order valence-corrected chi connectivity index (χ4v) is 4.93. The van der Waals surface area contributed by atoms with E-state index in [4.69, 9.17) is 4.42 Å². The van der Waals surface area contributed by atoms with E-state index in [1.165, 1.54) is 5.56 Å². The summed E-state index contributed by atoms with van der Waals surface area (Å²) in [6.45, 7) is 0.656. The highest BCUT2D eigenvalue weighted by atomic mass is 19.3. The van der Waals surface area contributed by atoms with E-state index in [-0.39, 0.29) is 18.9 Å². The minimum absolute atomic E-state index is 0.0904. The lowest BCUT2D eigenvalue weighted by molar-refractivity contribution is -0.0221. The van der Waals surface area contributed by atoms with E-state index in [0.717, 1.165) is 30.8 Å². The number of fused-ring (bicyclic) bond motifs is 1. The molecule has 0 radical (unpaired) electrons. The van der Waals surface area contributed by atoms with Crippen molar-refractivity contribution in [3.8, 4) is 0 Å². The number of aromatic nitrogens is 2. The summed E-state index contributed by atoms with van der Waals surface area (Å²) in [7, 11) is 0. The van der Waals surface area contributed by atoms with E-state index in [9.17, 15) is 8.78 Å². The van der Waals surface area contributed by atoms with Crippen molar-refractivity contribution >= 4 is 5.82 Å². The number of hydrogen-bond acceptors (Lipinski definition) is 6. The number of nitrogens with zero attached hydrogens (tertiary/aromatic N) is 3. The van der Waals surface area contributed by atoms with Crippen LogP contribution in [0.2, 0.25) is 0 Å². The van der Waals surface area contributed by atoms with Crippen molar-refractivity contribution in [2.75, 3.05) is 18.0 Å². The maximum atomic E-state index is 13.5. The smallest absolute Gasteiger partial charge is 0.251 e. The summed E-state index contributed by atoms with van der Waals surface area (Å²) in [4.78, 5) is 10.8. The zero-order valence-electron chi connectivity index (χ0n) is 15.7. The first-order chi connectivity index (χ1) is 13.6. The minimum Gasteiger partial charge on any atom is -0.472 e. The van der Waals surface area contributed by atoms with E-state index >= 15 is 0 Å². The third-order valence-electron chi connectivity index (χ3n) is 6.58. The van der Waals surface area contributed by atoms with Crippen LogP contribution in [0.5, 0.6) is 0 Å². The molecule has 4 unspecified atom stereocenters. The zero-order chi connectivity index (χ0) is 19.1. The number of hydrogen-bond donors (Lipinski definition) is 2. The Labute approximate surface area is 162 Å². The summed E-state index contributed by atoms with van der Waals surface area (Å²) in [5, 5.41) is 0. The number of hydrazine groups is 1. The highest BCUT2D eigenvalue weighted by Crippen LogP contribution is 2.44.